The van der Waals surface area contributed by atoms with Gasteiger partial charge in [0.2, 0.25) is 0 Å². The Bertz CT molecular complexity index is 694. The van der Waals surface area contributed by atoms with Crippen LogP contribution < -0.4 is 9.13 Å². The van der Waals surface area contributed by atoms with Crippen LogP contribution in [0.4, 0.5) is 0 Å². The molecule has 0 aromatic carbocycles. The highest BCUT2D eigenvalue weighted by Crippen LogP contribution is 2.43. The highest BCUT2D eigenvalue weighted by Gasteiger charge is 2.45. The molecule has 20 heavy (non-hydrogen) atoms. The quantitative estimate of drug-likeness (QED) is 0.745. The van der Waals surface area contributed by atoms with Crippen molar-refractivity contribution in [3.05, 3.63) is 76.3 Å². The maximum absolute atomic E-state index is 6.39. The number of nitrogens with zero attached hydrogens (tertiary/aromatic N) is 2. The summed E-state index contributed by atoms with van der Waals surface area (Å²) in [7, 11) is 0. The van der Waals surface area contributed by atoms with Gasteiger partial charge in [-0.1, -0.05) is 46.9 Å². The molecule has 2 aromatic rings. The summed E-state index contributed by atoms with van der Waals surface area (Å²) in [5.74, 6) is 0. The summed E-state index contributed by atoms with van der Waals surface area (Å²) >= 11 is 19.0. The van der Waals surface area contributed by atoms with Crippen LogP contribution in [0.3, 0.4) is 0 Å². The summed E-state index contributed by atoms with van der Waals surface area (Å²) in [4.78, 5) is 0. The van der Waals surface area contributed by atoms with Crippen molar-refractivity contribution >= 4 is 40.5 Å². The van der Waals surface area contributed by atoms with Crippen molar-refractivity contribution in [1.82, 2.24) is 0 Å². The molecule has 5 heteroatoms. The van der Waals surface area contributed by atoms with E-state index >= 15 is 0 Å². The molecule has 100 valence electrons. The van der Waals surface area contributed by atoms with Crippen LogP contribution in [0.5, 0.6) is 0 Å². The third kappa shape index (κ3) is 2.24. The Kier molecular flexibility index (Phi) is 3.79. The summed E-state index contributed by atoms with van der Waals surface area (Å²) in [5, 5.41) is 1.41. The van der Waals surface area contributed by atoms with Gasteiger partial charge in [0.05, 0.1) is 5.03 Å². The lowest BCUT2D eigenvalue weighted by molar-refractivity contribution is -0.723. The van der Waals surface area contributed by atoms with Crippen molar-refractivity contribution in [3.8, 4) is 0 Å². The molecule has 1 aliphatic rings. The molecule has 1 unspecified atom stereocenters. The Balaban J connectivity index is 2.17. The van der Waals surface area contributed by atoms with E-state index in [0.717, 1.165) is 5.70 Å². The van der Waals surface area contributed by atoms with Crippen molar-refractivity contribution in [2.75, 3.05) is 0 Å². The first kappa shape index (κ1) is 13.6. The lowest BCUT2D eigenvalue weighted by Crippen LogP contribution is -2.46. The molecule has 0 saturated carbocycles. The summed E-state index contributed by atoms with van der Waals surface area (Å²) in [5.41, 5.74) is 0.846. The third-order valence-electron chi connectivity index (χ3n) is 3.16. The molecule has 1 aliphatic carbocycles. The van der Waals surface area contributed by atoms with Crippen LogP contribution >= 0.6 is 34.8 Å². The monoisotopic (exact) mass is 324 g/mol. The molecule has 0 N–H and O–H groups in total. The van der Waals surface area contributed by atoms with Crippen LogP contribution in [-0.4, -0.2) is 0 Å². The molecule has 0 bridgehead atoms. The smallest absolute Gasteiger partial charge is 0.187 e. The average molecular weight is 326 g/mol. The molecule has 0 radical (unpaired) electrons. The second-order valence-electron chi connectivity index (χ2n) is 4.37. The SMILES string of the molecule is ClC1=C(Cl)C([n+]2ccccc2)C([n+]2ccccc2)=C1Cl. The van der Waals surface area contributed by atoms with E-state index in [1.54, 1.807) is 0 Å². The molecule has 2 nitrogen and oxygen atoms in total. The van der Waals surface area contributed by atoms with Gasteiger partial charge in [0.1, 0.15) is 10.1 Å². The van der Waals surface area contributed by atoms with Crippen LogP contribution in [0.25, 0.3) is 5.70 Å². The molecule has 1 atom stereocenters. The van der Waals surface area contributed by atoms with E-state index in [4.69, 9.17) is 34.8 Å². The summed E-state index contributed by atoms with van der Waals surface area (Å²) in [6.07, 6.45) is 7.73. The Hall–Kier alpha value is -1.35. The first-order chi connectivity index (χ1) is 9.70. The van der Waals surface area contributed by atoms with Crippen LogP contribution in [0.15, 0.2) is 76.3 Å². The van der Waals surface area contributed by atoms with Gasteiger partial charge < -0.3 is 0 Å². The number of rotatable bonds is 2. The molecule has 0 amide bonds. The number of allylic oxidation sites excluding steroid dienone is 4. The Labute approximate surface area is 132 Å². The zero-order valence-electron chi connectivity index (χ0n) is 10.4. The molecule has 0 fully saturated rings. The molecule has 2 aromatic heterocycles. The molecular weight excluding hydrogens is 315 g/mol. The Morgan fingerprint density at radius 1 is 0.700 bits per heavy atom. The molecule has 0 aliphatic heterocycles. The number of aromatic nitrogens is 2. The van der Waals surface area contributed by atoms with Gasteiger partial charge in [0.25, 0.3) is 11.7 Å². The zero-order chi connectivity index (χ0) is 14.1. The van der Waals surface area contributed by atoms with Gasteiger partial charge >= 0.3 is 0 Å². The maximum atomic E-state index is 6.39. The molecule has 3 rings (SSSR count). The van der Waals surface area contributed by atoms with E-state index in [2.05, 4.69) is 0 Å². The number of pyridine rings is 2. The zero-order valence-corrected chi connectivity index (χ0v) is 12.6. The lowest BCUT2D eigenvalue weighted by atomic mass is 10.2. The minimum absolute atomic E-state index is 0.217. The summed E-state index contributed by atoms with van der Waals surface area (Å²) in [6.45, 7) is 0. The van der Waals surface area contributed by atoms with E-state index in [1.165, 1.54) is 0 Å². The number of hydrogen-bond donors (Lipinski definition) is 0. The predicted octanol–water partition coefficient (Wildman–Crippen LogP) is 3.61. The van der Waals surface area contributed by atoms with Gasteiger partial charge in [-0.2, -0.15) is 9.13 Å². The minimum Gasteiger partial charge on any atom is -0.187 e. The van der Waals surface area contributed by atoms with Gasteiger partial charge in [0.15, 0.2) is 24.8 Å². The highest BCUT2D eigenvalue weighted by atomic mass is 35.5. The predicted molar refractivity (Wildman–Crippen MR) is 80.1 cm³/mol. The van der Waals surface area contributed by atoms with Crippen LogP contribution in [0.1, 0.15) is 6.04 Å². The topological polar surface area (TPSA) is 7.76 Å². The van der Waals surface area contributed by atoms with E-state index in [0.29, 0.717) is 15.1 Å². The maximum Gasteiger partial charge on any atom is 0.282 e. The first-order valence-corrected chi connectivity index (χ1v) is 7.21. The van der Waals surface area contributed by atoms with E-state index in [9.17, 15) is 0 Å². The van der Waals surface area contributed by atoms with Gasteiger partial charge in [-0.15, -0.1) is 0 Å². The van der Waals surface area contributed by atoms with Gasteiger partial charge in [0, 0.05) is 24.3 Å². The fourth-order valence-corrected chi connectivity index (χ4v) is 3.11. The number of hydrogen-bond acceptors (Lipinski definition) is 0. The fourth-order valence-electron chi connectivity index (χ4n) is 2.25. The van der Waals surface area contributed by atoms with Gasteiger partial charge in [-0.3, -0.25) is 0 Å². The number of halogens is 3. The van der Waals surface area contributed by atoms with Crippen molar-refractivity contribution < 1.29 is 9.13 Å². The van der Waals surface area contributed by atoms with Crippen LogP contribution in [0, 0.1) is 0 Å². The highest BCUT2D eigenvalue weighted by molar-refractivity contribution is 6.50. The Morgan fingerprint density at radius 2 is 1.25 bits per heavy atom. The van der Waals surface area contributed by atoms with Crippen molar-refractivity contribution in [2.45, 2.75) is 6.04 Å². The molecule has 2 heterocycles. The largest absolute Gasteiger partial charge is 0.282 e. The normalized spacial score (nSPS) is 18.9. The van der Waals surface area contributed by atoms with Crippen LogP contribution in [-0.2, 0) is 0 Å². The van der Waals surface area contributed by atoms with Gasteiger partial charge in [-0.25, -0.2) is 0 Å². The van der Waals surface area contributed by atoms with Crippen molar-refractivity contribution in [1.29, 1.82) is 0 Å². The van der Waals surface area contributed by atoms with E-state index in [-0.39, 0.29) is 6.04 Å². The minimum atomic E-state index is -0.217. The van der Waals surface area contributed by atoms with Crippen molar-refractivity contribution in [3.63, 3.8) is 0 Å². The van der Waals surface area contributed by atoms with Gasteiger partial charge in [-0.05, 0) is 0 Å². The standard InChI is InChI=1S/C15H11Cl3N2/c16-11-12(17)14(19-7-3-1-4-8-19)15(13(11)18)20-9-5-2-6-10-20/h1-10,14H/q+2. The summed E-state index contributed by atoms with van der Waals surface area (Å²) < 4.78 is 3.92. The second-order valence-corrected chi connectivity index (χ2v) is 5.53. The lowest BCUT2D eigenvalue weighted by Gasteiger charge is -2.06. The fraction of sp³-hybridized carbons (Fsp3) is 0.0667. The molecular formula is C15H11Cl3N2+2. The van der Waals surface area contributed by atoms with E-state index in [1.807, 2.05) is 70.3 Å². The van der Waals surface area contributed by atoms with E-state index < -0.39 is 0 Å². The second kappa shape index (κ2) is 5.57. The van der Waals surface area contributed by atoms with Crippen LogP contribution in [0.2, 0.25) is 0 Å². The molecule has 0 saturated heterocycles. The summed E-state index contributed by atoms with van der Waals surface area (Å²) in [6, 6.07) is 11.4. The first-order valence-electron chi connectivity index (χ1n) is 6.08. The third-order valence-corrected chi connectivity index (χ3v) is 4.52. The average Bonchev–Trinajstić information content (AvgIpc) is 2.73. The Morgan fingerprint density at radius 3 is 1.85 bits per heavy atom. The van der Waals surface area contributed by atoms with Crippen molar-refractivity contribution in [2.24, 2.45) is 0 Å². The molecule has 0 spiro atoms.